The van der Waals surface area contributed by atoms with Crippen LogP contribution in [0.2, 0.25) is 0 Å². The van der Waals surface area contributed by atoms with E-state index in [2.05, 4.69) is 4.85 Å². The highest BCUT2D eigenvalue weighted by Gasteiger charge is 2.41. The number of nitrogens with zero attached hydrogens (tertiary/aromatic N) is 3. The number of alkyl halides is 6. The highest BCUT2D eigenvalue weighted by atomic mass is 19.4. The quantitative estimate of drug-likeness (QED) is 0.131. The first kappa shape index (κ1) is 31.3. The molecule has 0 bridgehead atoms. The van der Waals surface area contributed by atoms with E-state index in [-0.39, 0.29) is 22.6 Å². The molecule has 0 atom stereocenters. The lowest BCUT2D eigenvalue weighted by Crippen LogP contribution is -2.17. The molecule has 0 aliphatic carbocycles. The van der Waals surface area contributed by atoms with Crippen molar-refractivity contribution in [2.45, 2.75) is 26.2 Å². The second-order valence-corrected chi connectivity index (χ2v) is 12.3. The van der Waals surface area contributed by atoms with Crippen molar-refractivity contribution >= 4 is 49.3 Å². The highest BCUT2D eigenvalue weighted by Crippen LogP contribution is 2.49. The fraction of sp³-hybridized carbons (Fsp3) is 0.0976. The third-order valence-corrected chi connectivity index (χ3v) is 9.41. The summed E-state index contributed by atoms with van der Waals surface area (Å²) in [5.74, 6) is 0. The number of hydrogen-bond donors (Lipinski definition) is 0. The lowest BCUT2D eigenvalue weighted by molar-refractivity contribution is -0.138. The standard InChI is InChI=1S/C41H25F6N3/c1-23-11-8-15-28-26-13-4-6-19-32(26)49(38(23)28)34-21-25(36-30(40(42,43)44)17-10-18-31(36)48-3)22-35(37(34)41(45,46)47)50-33-20-7-5-14-27(33)29-16-9-12-24(2)39(29)50/h4-22H,1-2H3. The van der Waals surface area contributed by atoms with Crippen LogP contribution >= 0.6 is 0 Å². The van der Waals surface area contributed by atoms with Crippen molar-refractivity contribution in [2.75, 3.05) is 0 Å². The van der Waals surface area contributed by atoms with Gasteiger partial charge in [0.25, 0.3) is 0 Å². The monoisotopic (exact) mass is 673 g/mol. The minimum absolute atomic E-state index is 0.166. The summed E-state index contributed by atoms with van der Waals surface area (Å²) in [6.07, 6.45) is -9.87. The number of rotatable bonds is 3. The Labute approximate surface area is 282 Å². The van der Waals surface area contributed by atoms with Gasteiger partial charge in [0, 0.05) is 21.5 Å². The van der Waals surface area contributed by atoms with Gasteiger partial charge in [-0.15, -0.1) is 0 Å². The Hall–Kier alpha value is -6.01. The van der Waals surface area contributed by atoms with Crippen LogP contribution in [0.4, 0.5) is 32.0 Å². The van der Waals surface area contributed by atoms with Gasteiger partial charge in [-0.25, -0.2) is 4.85 Å². The summed E-state index contributed by atoms with van der Waals surface area (Å²) in [4.78, 5) is 3.42. The number of aromatic nitrogens is 2. The Morgan fingerprint density at radius 2 is 1.00 bits per heavy atom. The van der Waals surface area contributed by atoms with Crippen LogP contribution in [0, 0.1) is 20.4 Å². The topological polar surface area (TPSA) is 14.2 Å². The summed E-state index contributed by atoms with van der Waals surface area (Å²) in [5, 5.41) is 2.78. The Kier molecular flexibility index (Phi) is 6.88. The van der Waals surface area contributed by atoms with Gasteiger partial charge in [0.1, 0.15) is 5.56 Å². The normalized spacial score (nSPS) is 12.4. The van der Waals surface area contributed by atoms with E-state index < -0.39 is 29.0 Å². The zero-order chi connectivity index (χ0) is 35.1. The summed E-state index contributed by atoms with van der Waals surface area (Å²) in [7, 11) is 0. The largest absolute Gasteiger partial charge is 0.420 e. The molecule has 0 saturated carbocycles. The van der Waals surface area contributed by atoms with E-state index in [4.69, 9.17) is 6.57 Å². The molecular weight excluding hydrogens is 648 g/mol. The lowest BCUT2D eigenvalue weighted by atomic mass is 9.94. The van der Waals surface area contributed by atoms with Gasteiger partial charge in [0.2, 0.25) is 0 Å². The minimum Gasteiger partial charge on any atom is -0.308 e. The average Bonchev–Trinajstić information content (AvgIpc) is 3.61. The van der Waals surface area contributed by atoms with Gasteiger partial charge >= 0.3 is 12.4 Å². The van der Waals surface area contributed by atoms with Crippen molar-refractivity contribution in [1.29, 1.82) is 0 Å². The van der Waals surface area contributed by atoms with Gasteiger partial charge in [-0.3, -0.25) is 0 Å². The van der Waals surface area contributed by atoms with Crippen LogP contribution in [0.25, 0.3) is 71.0 Å². The zero-order valence-corrected chi connectivity index (χ0v) is 26.6. The van der Waals surface area contributed by atoms with Crippen molar-refractivity contribution in [2.24, 2.45) is 0 Å². The molecule has 8 aromatic rings. The Morgan fingerprint density at radius 3 is 1.46 bits per heavy atom. The van der Waals surface area contributed by atoms with Crippen molar-refractivity contribution in [3.8, 4) is 22.5 Å². The molecule has 0 N–H and O–H groups in total. The molecule has 2 heterocycles. The summed E-state index contributed by atoms with van der Waals surface area (Å²) in [6.45, 7) is 11.4. The van der Waals surface area contributed by atoms with E-state index >= 15 is 13.2 Å². The molecule has 0 fully saturated rings. The van der Waals surface area contributed by atoms with Crippen LogP contribution in [0.15, 0.2) is 115 Å². The van der Waals surface area contributed by atoms with Gasteiger partial charge < -0.3 is 9.13 Å². The van der Waals surface area contributed by atoms with Crippen LogP contribution in [-0.2, 0) is 12.4 Å². The van der Waals surface area contributed by atoms with E-state index in [0.717, 1.165) is 24.3 Å². The Bertz CT molecular complexity index is 2580. The molecule has 0 unspecified atom stereocenters. The number of halogens is 6. The zero-order valence-electron chi connectivity index (χ0n) is 26.6. The molecule has 246 valence electrons. The molecule has 0 saturated heterocycles. The minimum atomic E-state index is -4.98. The first-order valence-corrected chi connectivity index (χ1v) is 15.7. The first-order valence-electron chi connectivity index (χ1n) is 15.7. The van der Waals surface area contributed by atoms with Crippen LogP contribution in [0.5, 0.6) is 0 Å². The SMILES string of the molecule is [C-]#[N+]c1cccc(C(F)(F)F)c1-c1cc(-n2c3ccccc3c3cccc(C)c32)c(C(F)(F)F)c(-n2c3ccccc3c3cccc(C)c32)c1. The molecule has 0 aliphatic rings. The van der Waals surface area contributed by atoms with E-state index in [1.54, 1.807) is 62.4 Å². The number of para-hydroxylation sites is 4. The molecule has 50 heavy (non-hydrogen) atoms. The van der Waals surface area contributed by atoms with Crippen molar-refractivity contribution < 1.29 is 26.3 Å². The summed E-state index contributed by atoms with van der Waals surface area (Å²) < 4.78 is 95.1. The predicted molar refractivity (Wildman–Crippen MR) is 186 cm³/mol. The number of hydrogen-bond acceptors (Lipinski definition) is 0. The van der Waals surface area contributed by atoms with Crippen molar-refractivity contribution in [3.05, 3.63) is 149 Å². The number of fused-ring (bicyclic) bond motifs is 6. The molecule has 9 heteroatoms. The molecule has 3 nitrogen and oxygen atoms in total. The van der Waals surface area contributed by atoms with Gasteiger partial charge in [-0.1, -0.05) is 91.0 Å². The summed E-state index contributed by atoms with van der Waals surface area (Å²) in [6, 6.07) is 30.5. The maximum atomic E-state index is 16.0. The molecule has 6 aromatic carbocycles. The second kappa shape index (κ2) is 11.0. The van der Waals surface area contributed by atoms with Gasteiger partial charge in [-0.05, 0) is 60.4 Å². The Balaban J connectivity index is 1.67. The number of benzene rings is 6. The molecule has 0 amide bonds. The molecule has 2 aromatic heterocycles. The molecule has 0 aliphatic heterocycles. The molecular formula is C41H25F6N3. The van der Waals surface area contributed by atoms with Crippen LogP contribution in [0.1, 0.15) is 22.3 Å². The highest BCUT2D eigenvalue weighted by molar-refractivity contribution is 6.12. The predicted octanol–water partition coefficient (Wildman–Crippen LogP) is 12.8. The van der Waals surface area contributed by atoms with Crippen LogP contribution in [-0.4, -0.2) is 9.13 Å². The maximum absolute atomic E-state index is 16.0. The van der Waals surface area contributed by atoms with Crippen molar-refractivity contribution in [1.82, 2.24) is 9.13 Å². The summed E-state index contributed by atoms with van der Waals surface area (Å²) >= 11 is 0. The summed E-state index contributed by atoms with van der Waals surface area (Å²) in [5.41, 5.74) is -0.534. The lowest BCUT2D eigenvalue weighted by Gasteiger charge is -2.24. The molecule has 8 rings (SSSR count). The van der Waals surface area contributed by atoms with Gasteiger partial charge in [0.05, 0.1) is 45.6 Å². The van der Waals surface area contributed by atoms with Gasteiger partial charge in [0.15, 0.2) is 5.69 Å². The van der Waals surface area contributed by atoms with Crippen molar-refractivity contribution in [3.63, 3.8) is 0 Å². The fourth-order valence-electron chi connectivity index (χ4n) is 7.45. The van der Waals surface area contributed by atoms with E-state index in [1.165, 1.54) is 15.2 Å². The second-order valence-electron chi connectivity index (χ2n) is 12.3. The fourth-order valence-corrected chi connectivity index (χ4v) is 7.45. The average molecular weight is 674 g/mol. The first-order chi connectivity index (χ1) is 23.9. The molecule has 0 radical (unpaired) electrons. The van der Waals surface area contributed by atoms with E-state index in [1.807, 2.05) is 36.4 Å². The van der Waals surface area contributed by atoms with Gasteiger partial charge in [-0.2, -0.15) is 26.3 Å². The number of aryl methyl sites for hydroxylation is 2. The third kappa shape index (κ3) is 4.59. The smallest absolute Gasteiger partial charge is 0.308 e. The maximum Gasteiger partial charge on any atom is 0.420 e. The Morgan fingerprint density at radius 1 is 0.540 bits per heavy atom. The van der Waals surface area contributed by atoms with E-state index in [9.17, 15) is 13.2 Å². The van der Waals surface area contributed by atoms with Crippen LogP contribution in [0.3, 0.4) is 0 Å². The van der Waals surface area contributed by atoms with E-state index in [0.29, 0.717) is 54.7 Å². The molecule has 0 spiro atoms. The third-order valence-electron chi connectivity index (χ3n) is 9.41. The van der Waals surface area contributed by atoms with Crippen LogP contribution < -0.4 is 0 Å².